The Balaban J connectivity index is 1.33. The topological polar surface area (TPSA) is 119 Å². The SMILES string of the molecule is CN1C(=O)CC2(CNC2)N2C=CN(c3nc(N4CCNCC4)c4cc(Cl)c(-c5cccc6sc(N)nc56)c(F)c4n3)C12. The lowest BCUT2D eigenvalue weighted by Crippen LogP contribution is -2.76. The molecule has 3 fully saturated rings. The Morgan fingerprint density at radius 3 is 2.69 bits per heavy atom. The number of fused-ring (bicyclic) bond motifs is 4. The molecule has 3 saturated heterocycles. The van der Waals surface area contributed by atoms with Gasteiger partial charge in [-0.3, -0.25) is 9.69 Å². The van der Waals surface area contributed by atoms with Gasteiger partial charge in [0.25, 0.3) is 0 Å². The van der Waals surface area contributed by atoms with E-state index in [-0.39, 0.29) is 27.5 Å². The molecule has 4 aromatic rings. The number of para-hydroxylation sites is 1. The summed E-state index contributed by atoms with van der Waals surface area (Å²) in [6, 6.07) is 7.30. The Kier molecular flexibility index (Phi) is 5.77. The molecule has 2 aromatic carbocycles. The van der Waals surface area contributed by atoms with Crippen molar-refractivity contribution in [1.29, 1.82) is 0 Å². The molecule has 4 N–H and O–H groups in total. The Bertz CT molecular complexity index is 1800. The van der Waals surface area contributed by atoms with Crippen molar-refractivity contribution >= 4 is 66.9 Å². The van der Waals surface area contributed by atoms with Crippen LogP contribution in [0.15, 0.2) is 36.7 Å². The van der Waals surface area contributed by atoms with Crippen molar-refractivity contribution < 1.29 is 9.18 Å². The Hall–Kier alpha value is -3.78. The summed E-state index contributed by atoms with van der Waals surface area (Å²) in [6.45, 7) is 4.37. The van der Waals surface area contributed by atoms with E-state index < -0.39 is 12.1 Å². The number of hydrogen-bond acceptors (Lipinski definition) is 11. The van der Waals surface area contributed by atoms with Gasteiger partial charge in [-0.15, -0.1) is 0 Å². The monoisotopic (exact) mass is 606 g/mol. The molecular weight excluding hydrogens is 579 g/mol. The van der Waals surface area contributed by atoms with Gasteiger partial charge in [0.2, 0.25) is 11.9 Å². The molecule has 0 bridgehead atoms. The minimum absolute atomic E-state index is 0.0467. The number of anilines is 3. The largest absolute Gasteiger partial charge is 0.375 e. The van der Waals surface area contributed by atoms with Crippen LogP contribution in [0, 0.1) is 5.82 Å². The van der Waals surface area contributed by atoms with Gasteiger partial charge in [0.05, 0.1) is 27.2 Å². The number of nitrogens with zero attached hydrogens (tertiary/aromatic N) is 7. The standard InChI is InChI=1S/C28H28ClFN10OS/c1-37-19(41)12-28(13-33-14-28)40-10-9-39(27(37)40)26-35-23-16(24(36-26)38-7-5-32-6-8-38)11-17(29)20(21(23)30)15-3-2-4-18-22(15)34-25(31)42-18/h2-4,9-11,27,32-33H,5-8,12-14H2,1H3,(H2,31,34). The van der Waals surface area contributed by atoms with Gasteiger partial charge in [0, 0.05) is 75.2 Å². The second-order valence-corrected chi connectivity index (χ2v) is 12.7. The lowest BCUT2D eigenvalue weighted by Gasteiger charge is -2.57. The molecule has 4 aliphatic heterocycles. The summed E-state index contributed by atoms with van der Waals surface area (Å²) in [5.74, 6) is 0.415. The second kappa shape index (κ2) is 9.36. The fourth-order valence-corrected chi connectivity index (χ4v) is 7.60. The maximum atomic E-state index is 16.8. The van der Waals surface area contributed by atoms with E-state index in [4.69, 9.17) is 27.3 Å². The molecule has 4 aliphatic rings. The molecule has 42 heavy (non-hydrogen) atoms. The van der Waals surface area contributed by atoms with Gasteiger partial charge in [-0.1, -0.05) is 35.1 Å². The highest BCUT2D eigenvalue weighted by atomic mass is 35.5. The third-order valence-corrected chi connectivity index (χ3v) is 9.91. The van der Waals surface area contributed by atoms with Crippen molar-refractivity contribution in [2.45, 2.75) is 18.2 Å². The highest BCUT2D eigenvalue weighted by molar-refractivity contribution is 7.22. The summed E-state index contributed by atoms with van der Waals surface area (Å²) >= 11 is 8.19. The van der Waals surface area contributed by atoms with Crippen molar-refractivity contribution in [3.05, 3.63) is 47.5 Å². The van der Waals surface area contributed by atoms with Gasteiger partial charge in [0.15, 0.2) is 17.2 Å². The first-order chi connectivity index (χ1) is 20.3. The van der Waals surface area contributed by atoms with Crippen LogP contribution < -0.4 is 26.2 Å². The van der Waals surface area contributed by atoms with E-state index in [0.29, 0.717) is 52.9 Å². The summed E-state index contributed by atoms with van der Waals surface area (Å²) in [7, 11) is 1.79. The number of amides is 1. The number of nitrogens with one attached hydrogen (secondary N) is 2. The van der Waals surface area contributed by atoms with Crippen LogP contribution in [0.3, 0.4) is 0 Å². The number of nitrogen functional groups attached to an aromatic ring is 1. The number of nitrogens with two attached hydrogens (primary N) is 1. The third-order valence-electron chi connectivity index (χ3n) is 8.76. The summed E-state index contributed by atoms with van der Waals surface area (Å²) in [5, 5.41) is 7.86. The van der Waals surface area contributed by atoms with E-state index in [9.17, 15) is 4.79 Å². The van der Waals surface area contributed by atoms with Gasteiger partial charge in [-0.05, 0) is 12.1 Å². The number of aromatic nitrogens is 3. The lowest BCUT2D eigenvalue weighted by atomic mass is 9.84. The van der Waals surface area contributed by atoms with Crippen LogP contribution in [0.2, 0.25) is 5.02 Å². The number of benzene rings is 2. The van der Waals surface area contributed by atoms with Gasteiger partial charge in [-0.2, -0.15) is 4.98 Å². The molecule has 1 unspecified atom stereocenters. The van der Waals surface area contributed by atoms with Crippen LogP contribution in [-0.2, 0) is 4.79 Å². The highest BCUT2D eigenvalue weighted by Crippen LogP contribution is 2.44. The zero-order valence-electron chi connectivity index (χ0n) is 22.8. The predicted molar refractivity (Wildman–Crippen MR) is 163 cm³/mol. The molecular formula is C28H28ClFN10OS. The highest BCUT2D eigenvalue weighted by Gasteiger charge is 2.55. The summed E-state index contributed by atoms with van der Waals surface area (Å²) < 4.78 is 17.7. The molecule has 6 heterocycles. The number of hydrogen-bond donors (Lipinski definition) is 3. The fourth-order valence-electron chi connectivity index (χ4n) is 6.54. The molecule has 11 nitrogen and oxygen atoms in total. The number of piperazine rings is 1. The van der Waals surface area contributed by atoms with Crippen LogP contribution in [0.4, 0.5) is 21.3 Å². The molecule has 2 aromatic heterocycles. The number of carbonyl (C=O) groups is 1. The molecule has 14 heteroatoms. The molecule has 0 radical (unpaired) electrons. The molecule has 1 amide bonds. The zero-order chi connectivity index (χ0) is 28.7. The van der Waals surface area contributed by atoms with E-state index in [1.54, 1.807) is 24.1 Å². The van der Waals surface area contributed by atoms with Crippen molar-refractivity contribution in [3.8, 4) is 11.1 Å². The molecule has 216 valence electrons. The van der Waals surface area contributed by atoms with Gasteiger partial charge < -0.3 is 31.1 Å². The van der Waals surface area contributed by atoms with E-state index in [0.717, 1.165) is 30.9 Å². The zero-order valence-corrected chi connectivity index (χ0v) is 24.3. The van der Waals surface area contributed by atoms with Crippen LogP contribution in [-0.4, -0.2) is 88.8 Å². The van der Waals surface area contributed by atoms with Crippen LogP contribution in [0.1, 0.15) is 6.42 Å². The van der Waals surface area contributed by atoms with Crippen molar-refractivity contribution in [2.75, 3.05) is 61.8 Å². The maximum absolute atomic E-state index is 16.8. The van der Waals surface area contributed by atoms with Gasteiger partial charge in [0.1, 0.15) is 11.3 Å². The molecule has 1 spiro atoms. The van der Waals surface area contributed by atoms with Crippen molar-refractivity contribution in [1.82, 2.24) is 35.4 Å². The Morgan fingerprint density at radius 1 is 1.12 bits per heavy atom. The molecule has 1 atom stereocenters. The smallest absolute Gasteiger partial charge is 0.235 e. The first-order valence-corrected chi connectivity index (χ1v) is 15.1. The Morgan fingerprint density at radius 2 is 1.93 bits per heavy atom. The number of carbonyl (C=O) groups excluding carboxylic acids is 1. The van der Waals surface area contributed by atoms with E-state index >= 15 is 4.39 Å². The van der Waals surface area contributed by atoms with Crippen LogP contribution in [0.5, 0.6) is 0 Å². The lowest BCUT2D eigenvalue weighted by molar-refractivity contribution is -0.151. The molecule has 0 aliphatic carbocycles. The fraction of sp³-hybridized carbons (Fsp3) is 0.357. The number of rotatable bonds is 3. The second-order valence-electron chi connectivity index (χ2n) is 11.2. The first-order valence-electron chi connectivity index (χ1n) is 13.9. The summed E-state index contributed by atoms with van der Waals surface area (Å²) in [5.41, 5.74) is 7.24. The third kappa shape index (κ3) is 3.70. The first kappa shape index (κ1) is 25.9. The van der Waals surface area contributed by atoms with Crippen LogP contribution >= 0.6 is 22.9 Å². The van der Waals surface area contributed by atoms with Crippen molar-refractivity contribution in [2.24, 2.45) is 0 Å². The quantitative estimate of drug-likeness (QED) is 0.321. The molecule has 8 rings (SSSR count). The average molecular weight is 607 g/mol. The maximum Gasteiger partial charge on any atom is 0.235 e. The van der Waals surface area contributed by atoms with E-state index in [1.807, 2.05) is 29.4 Å². The van der Waals surface area contributed by atoms with Gasteiger partial charge >= 0.3 is 0 Å². The predicted octanol–water partition coefficient (Wildman–Crippen LogP) is 2.77. The summed E-state index contributed by atoms with van der Waals surface area (Å²) in [6.07, 6.45) is 3.85. The number of halogens is 2. The normalized spacial score (nSPS) is 21.6. The molecule has 0 saturated carbocycles. The summed E-state index contributed by atoms with van der Waals surface area (Å²) in [4.78, 5) is 35.3. The van der Waals surface area contributed by atoms with Crippen LogP contribution in [0.25, 0.3) is 32.2 Å². The van der Waals surface area contributed by atoms with E-state index in [2.05, 4.69) is 25.4 Å². The van der Waals surface area contributed by atoms with E-state index in [1.165, 1.54) is 11.3 Å². The minimum Gasteiger partial charge on any atom is -0.375 e. The minimum atomic E-state index is -0.552. The number of thiazole rings is 1. The van der Waals surface area contributed by atoms with Crippen molar-refractivity contribution in [3.63, 3.8) is 0 Å². The van der Waals surface area contributed by atoms with Gasteiger partial charge in [-0.25, -0.2) is 14.4 Å². The Labute approximate surface area is 249 Å². The average Bonchev–Trinajstić information content (AvgIpc) is 3.58.